The maximum absolute atomic E-state index is 4.90. The number of rotatable bonds is 2. The molecule has 0 N–H and O–H groups in total. The molecule has 3 heterocycles. The predicted molar refractivity (Wildman–Crippen MR) is 73.8 cm³/mol. The van der Waals surface area contributed by atoms with Crippen molar-refractivity contribution in [3.05, 3.63) is 17.7 Å². The lowest BCUT2D eigenvalue weighted by molar-refractivity contribution is 0.221. The monoisotopic (exact) mass is 247 g/mol. The Labute approximate surface area is 110 Å². The lowest BCUT2D eigenvalue weighted by Gasteiger charge is -2.30. The van der Waals surface area contributed by atoms with E-state index in [2.05, 4.69) is 29.5 Å². The fourth-order valence-corrected chi connectivity index (χ4v) is 3.38. The van der Waals surface area contributed by atoms with Gasteiger partial charge >= 0.3 is 0 Å². The van der Waals surface area contributed by atoms with E-state index in [0.29, 0.717) is 5.92 Å². The van der Waals surface area contributed by atoms with Gasteiger partial charge in [-0.3, -0.25) is 0 Å². The molecule has 1 unspecified atom stereocenters. The van der Waals surface area contributed by atoms with Crippen LogP contribution < -0.4 is 0 Å². The zero-order valence-corrected chi connectivity index (χ0v) is 11.7. The number of aryl methyl sites for hydroxylation is 1. The third-order valence-corrected chi connectivity index (χ3v) is 4.70. The fraction of sp³-hybridized carbons (Fsp3) is 0.800. The van der Waals surface area contributed by atoms with Gasteiger partial charge in [0, 0.05) is 25.1 Å². The Morgan fingerprint density at radius 1 is 1.28 bits per heavy atom. The number of hydrogen-bond donors (Lipinski definition) is 0. The molecule has 1 saturated heterocycles. The quantitative estimate of drug-likeness (QED) is 0.801. The van der Waals surface area contributed by atoms with Crippen LogP contribution in [0.25, 0.3) is 0 Å². The van der Waals surface area contributed by atoms with E-state index in [4.69, 9.17) is 4.98 Å². The summed E-state index contributed by atoms with van der Waals surface area (Å²) in [6.07, 6.45) is 7.41. The maximum atomic E-state index is 4.90. The van der Waals surface area contributed by atoms with Crippen LogP contribution in [0.2, 0.25) is 0 Å². The predicted octanol–water partition coefficient (Wildman–Crippen LogP) is 2.66. The summed E-state index contributed by atoms with van der Waals surface area (Å²) in [5.74, 6) is 2.86. The first-order valence-electron chi connectivity index (χ1n) is 7.54. The van der Waals surface area contributed by atoms with Crippen LogP contribution in [-0.4, -0.2) is 34.1 Å². The van der Waals surface area contributed by atoms with Crippen molar-refractivity contribution in [1.82, 2.24) is 14.5 Å². The summed E-state index contributed by atoms with van der Waals surface area (Å²) in [5, 5.41) is 0. The van der Waals surface area contributed by atoms with Crippen LogP contribution in [0.5, 0.6) is 0 Å². The molecule has 1 fully saturated rings. The molecule has 1 aromatic rings. The molecule has 0 saturated carbocycles. The molecular weight excluding hydrogens is 222 g/mol. The molecule has 2 aliphatic rings. The molecule has 3 heteroatoms. The van der Waals surface area contributed by atoms with Crippen molar-refractivity contribution in [1.29, 1.82) is 0 Å². The van der Waals surface area contributed by atoms with Gasteiger partial charge in [0.15, 0.2) is 0 Å². The van der Waals surface area contributed by atoms with Gasteiger partial charge in [0.05, 0.1) is 5.69 Å². The first-order valence-corrected chi connectivity index (χ1v) is 7.54. The third-order valence-electron chi connectivity index (χ3n) is 4.70. The average molecular weight is 247 g/mol. The van der Waals surface area contributed by atoms with Gasteiger partial charge in [-0.25, -0.2) is 4.98 Å². The number of aromatic nitrogens is 2. The summed E-state index contributed by atoms with van der Waals surface area (Å²) in [7, 11) is 0. The van der Waals surface area contributed by atoms with Crippen molar-refractivity contribution in [3.63, 3.8) is 0 Å². The second kappa shape index (κ2) is 5.04. The van der Waals surface area contributed by atoms with Crippen molar-refractivity contribution in [3.8, 4) is 0 Å². The van der Waals surface area contributed by atoms with Crippen molar-refractivity contribution in [2.45, 2.75) is 52.0 Å². The minimum atomic E-state index is 0.709. The molecule has 0 amide bonds. The molecule has 18 heavy (non-hydrogen) atoms. The molecule has 0 aromatic carbocycles. The molecule has 0 bridgehead atoms. The van der Waals surface area contributed by atoms with E-state index >= 15 is 0 Å². The van der Waals surface area contributed by atoms with E-state index in [9.17, 15) is 0 Å². The Bertz CT molecular complexity index is 402. The van der Waals surface area contributed by atoms with E-state index in [0.717, 1.165) is 5.92 Å². The lowest BCUT2D eigenvalue weighted by atomic mass is 9.94. The molecule has 1 atom stereocenters. The van der Waals surface area contributed by atoms with Crippen LogP contribution in [0.4, 0.5) is 0 Å². The number of piperidine rings is 1. The molecule has 3 rings (SSSR count). The summed E-state index contributed by atoms with van der Waals surface area (Å²) in [6, 6.07) is 0. The summed E-state index contributed by atoms with van der Waals surface area (Å²) >= 11 is 0. The number of imidazole rings is 1. The molecule has 0 aliphatic carbocycles. The highest BCUT2D eigenvalue weighted by atomic mass is 15.1. The van der Waals surface area contributed by atoms with Gasteiger partial charge < -0.3 is 9.47 Å². The largest absolute Gasteiger partial charge is 0.334 e. The zero-order valence-electron chi connectivity index (χ0n) is 11.7. The van der Waals surface area contributed by atoms with Crippen molar-refractivity contribution < 1.29 is 0 Å². The van der Waals surface area contributed by atoms with Gasteiger partial charge in [-0.05, 0) is 44.8 Å². The van der Waals surface area contributed by atoms with Gasteiger partial charge in [-0.2, -0.15) is 0 Å². The first-order chi connectivity index (χ1) is 8.76. The van der Waals surface area contributed by atoms with Crippen LogP contribution in [0.3, 0.4) is 0 Å². The van der Waals surface area contributed by atoms with E-state index in [1.54, 1.807) is 0 Å². The van der Waals surface area contributed by atoms with E-state index in [1.165, 1.54) is 63.4 Å². The van der Waals surface area contributed by atoms with Crippen molar-refractivity contribution >= 4 is 0 Å². The molecule has 3 nitrogen and oxygen atoms in total. The summed E-state index contributed by atoms with van der Waals surface area (Å²) in [5.41, 5.74) is 1.37. The minimum Gasteiger partial charge on any atom is -0.334 e. The number of nitrogens with zero attached hydrogens (tertiary/aromatic N) is 3. The van der Waals surface area contributed by atoms with Crippen molar-refractivity contribution in [2.24, 2.45) is 5.92 Å². The summed E-state index contributed by atoms with van der Waals surface area (Å²) in [6.45, 7) is 9.49. The number of fused-ring (bicyclic) bond motifs is 1. The highest BCUT2D eigenvalue weighted by Gasteiger charge is 2.24. The average Bonchev–Trinajstić information content (AvgIpc) is 2.81. The van der Waals surface area contributed by atoms with Crippen LogP contribution in [-0.2, 0) is 13.0 Å². The van der Waals surface area contributed by atoms with Gasteiger partial charge in [-0.1, -0.05) is 13.8 Å². The zero-order chi connectivity index (χ0) is 12.5. The molecule has 2 aliphatic heterocycles. The third kappa shape index (κ3) is 2.33. The Hall–Kier alpha value is -0.830. The van der Waals surface area contributed by atoms with Crippen LogP contribution in [0, 0.1) is 5.92 Å². The Morgan fingerprint density at radius 3 is 2.78 bits per heavy atom. The minimum absolute atomic E-state index is 0.709. The second-order valence-electron chi connectivity index (χ2n) is 6.09. The number of likely N-dealkylation sites (tertiary alicyclic amines) is 1. The lowest BCUT2D eigenvalue weighted by Crippen LogP contribution is -2.32. The smallest absolute Gasteiger partial charge is 0.108 e. The molecule has 100 valence electrons. The van der Waals surface area contributed by atoms with Gasteiger partial charge in [0.1, 0.15) is 5.82 Å². The highest BCUT2D eigenvalue weighted by molar-refractivity contribution is 5.12. The van der Waals surface area contributed by atoms with Crippen LogP contribution >= 0.6 is 0 Å². The van der Waals surface area contributed by atoms with E-state index in [1.807, 2.05) is 0 Å². The number of hydrogen-bond acceptors (Lipinski definition) is 2. The van der Waals surface area contributed by atoms with E-state index < -0.39 is 0 Å². The van der Waals surface area contributed by atoms with Crippen molar-refractivity contribution in [2.75, 3.05) is 19.6 Å². The van der Waals surface area contributed by atoms with Crippen LogP contribution in [0.1, 0.15) is 50.5 Å². The summed E-state index contributed by atoms with van der Waals surface area (Å²) in [4.78, 5) is 7.45. The highest BCUT2D eigenvalue weighted by Crippen LogP contribution is 2.29. The SMILES string of the molecule is CCN1CCC(c2cn3c(n2)CCC(C)C3)CC1. The van der Waals surface area contributed by atoms with Gasteiger partial charge in [0.2, 0.25) is 0 Å². The Balaban J connectivity index is 1.70. The van der Waals surface area contributed by atoms with Crippen LogP contribution in [0.15, 0.2) is 6.20 Å². The Kier molecular flexibility index (Phi) is 3.42. The first kappa shape index (κ1) is 12.2. The normalized spacial score (nSPS) is 26.2. The second-order valence-corrected chi connectivity index (χ2v) is 6.09. The molecule has 0 radical (unpaired) electrons. The molecular formula is C15H25N3. The fourth-order valence-electron chi connectivity index (χ4n) is 3.38. The maximum Gasteiger partial charge on any atom is 0.108 e. The van der Waals surface area contributed by atoms with Gasteiger partial charge in [-0.15, -0.1) is 0 Å². The standard InChI is InChI=1S/C15H25N3/c1-3-17-8-6-13(7-9-17)14-11-18-10-12(2)4-5-15(18)16-14/h11-13H,3-10H2,1-2H3. The Morgan fingerprint density at radius 2 is 2.06 bits per heavy atom. The van der Waals surface area contributed by atoms with E-state index in [-0.39, 0.29) is 0 Å². The topological polar surface area (TPSA) is 21.1 Å². The molecule has 1 aromatic heterocycles. The summed E-state index contributed by atoms with van der Waals surface area (Å²) < 4.78 is 2.41. The molecule has 0 spiro atoms. The van der Waals surface area contributed by atoms with Gasteiger partial charge in [0.25, 0.3) is 0 Å².